The summed E-state index contributed by atoms with van der Waals surface area (Å²) in [7, 11) is 0. The average Bonchev–Trinajstić information content (AvgIpc) is 3.00. The van der Waals surface area contributed by atoms with Gasteiger partial charge in [-0.3, -0.25) is 0 Å². The maximum atomic E-state index is 14.4. The summed E-state index contributed by atoms with van der Waals surface area (Å²) in [5.74, 6) is -3.82. The molecule has 0 fully saturated rings. The first-order valence-corrected chi connectivity index (χ1v) is 7.25. The van der Waals surface area contributed by atoms with Gasteiger partial charge in [-0.05, 0) is 5.56 Å². The molecule has 1 aliphatic rings. The van der Waals surface area contributed by atoms with Crippen molar-refractivity contribution in [2.24, 2.45) is 5.41 Å². The maximum Gasteiger partial charge on any atom is 0.313 e. The van der Waals surface area contributed by atoms with Crippen LogP contribution in [0, 0.1) is 5.41 Å². The van der Waals surface area contributed by atoms with E-state index in [0.717, 1.165) is 5.56 Å². The fraction of sp³-hybridized carbons (Fsp3) is 0.500. The molecule has 118 valence electrons. The molecule has 0 radical (unpaired) electrons. The van der Waals surface area contributed by atoms with Crippen molar-refractivity contribution in [3.05, 3.63) is 47.5 Å². The van der Waals surface area contributed by atoms with Crippen molar-refractivity contribution in [3.63, 3.8) is 0 Å². The van der Waals surface area contributed by atoms with E-state index in [1.165, 1.54) is 25.5 Å². The number of halogens is 3. The molecule has 0 spiro atoms. The van der Waals surface area contributed by atoms with Gasteiger partial charge in [0.2, 0.25) is 5.82 Å². The van der Waals surface area contributed by atoms with Crippen molar-refractivity contribution in [1.82, 2.24) is 14.8 Å². The van der Waals surface area contributed by atoms with Crippen molar-refractivity contribution in [3.8, 4) is 0 Å². The molecular weight excluding hydrogens is 291 g/mol. The number of hydrogen-bond acceptors (Lipinski definition) is 2. The molecule has 0 amide bonds. The van der Waals surface area contributed by atoms with Crippen LogP contribution >= 0.6 is 0 Å². The number of nitrogens with zero attached hydrogens (tertiary/aromatic N) is 3. The van der Waals surface area contributed by atoms with Gasteiger partial charge in [0, 0.05) is 11.8 Å². The summed E-state index contributed by atoms with van der Waals surface area (Å²) in [5, 5.41) is 3.95. The Morgan fingerprint density at radius 3 is 2.36 bits per heavy atom. The quantitative estimate of drug-likeness (QED) is 0.822. The SMILES string of the molecule is CC(C)(C)C(F)(F)c1nc2n(n1)C(c1ccccc1)CC2F. The van der Waals surface area contributed by atoms with Crippen LogP contribution in [-0.4, -0.2) is 14.8 Å². The molecule has 1 aromatic carbocycles. The first kappa shape index (κ1) is 15.1. The summed E-state index contributed by atoms with van der Waals surface area (Å²) >= 11 is 0. The summed E-state index contributed by atoms with van der Waals surface area (Å²) in [4.78, 5) is 3.81. The van der Waals surface area contributed by atoms with Crippen LogP contribution in [0.15, 0.2) is 30.3 Å². The Bertz CT molecular complexity index is 674. The van der Waals surface area contributed by atoms with E-state index in [-0.39, 0.29) is 18.3 Å². The minimum atomic E-state index is -3.22. The van der Waals surface area contributed by atoms with E-state index in [9.17, 15) is 13.2 Å². The fourth-order valence-electron chi connectivity index (χ4n) is 2.60. The lowest BCUT2D eigenvalue weighted by Gasteiger charge is -2.27. The molecule has 1 aliphatic heterocycles. The van der Waals surface area contributed by atoms with Gasteiger partial charge in [0.1, 0.15) is 0 Å². The van der Waals surface area contributed by atoms with E-state index in [1.807, 2.05) is 30.3 Å². The summed E-state index contributed by atoms with van der Waals surface area (Å²) in [6.07, 6.45) is -1.19. The van der Waals surface area contributed by atoms with Gasteiger partial charge >= 0.3 is 5.92 Å². The molecule has 22 heavy (non-hydrogen) atoms. The second-order valence-corrected chi connectivity index (χ2v) is 6.69. The first-order valence-electron chi connectivity index (χ1n) is 7.25. The zero-order valence-corrected chi connectivity index (χ0v) is 12.7. The van der Waals surface area contributed by atoms with E-state index in [1.54, 1.807) is 0 Å². The highest BCUT2D eigenvalue weighted by Gasteiger charge is 2.50. The van der Waals surface area contributed by atoms with Crippen molar-refractivity contribution in [2.45, 2.75) is 45.3 Å². The zero-order valence-electron chi connectivity index (χ0n) is 12.7. The molecule has 2 heterocycles. The normalized spacial score (nSPS) is 21.9. The number of alkyl halides is 3. The molecule has 0 saturated heterocycles. The third-order valence-corrected chi connectivity index (χ3v) is 4.07. The van der Waals surface area contributed by atoms with Crippen LogP contribution in [0.3, 0.4) is 0 Å². The molecule has 2 unspecified atom stereocenters. The summed E-state index contributed by atoms with van der Waals surface area (Å²) in [6.45, 7) is 4.25. The molecule has 2 atom stereocenters. The highest BCUT2D eigenvalue weighted by atomic mass is 19.3. The van der Waals surface area contributed by atoms with Crippen LogP contribution in [0.1, 0.15) is 56.6 Å². The lowest BCUT2D eigenvalue weighted by molar-refractivity contribution is -0.112. The highest BCUT2D eigenvalue weighted by molar-refractivity contribution is 5.24. The largest absolute Gasteiger partial charge is 0.313 e. The Morgan fingerprint density at radius 1 is 1.14 bits per heavy atom. The van der Waals surface area contributed by atoms with E-state index < -0.39 is 23.3 Å². The van der Waals surface area contributed by atoms with Crippen molar-refractivity contribution >= 4 is 0 Å². The maximum absolute atomic E-state index is 14.4. The summed E-state index contributed by atoms with van der Waals surface area (Å²) in [6, 6.07) is 8.83. The average molecular weight is 309 g/mol. The Balaban J connectivity index is 2.04. The molecule has 0 saturated carbocycles. The Hall–Kier alpha value is -1.85. The molecule has 0 bridgehead atoms. The Kier molecular flexibility index (Phi) is 3.30. The second-order valence-electron chi connectivity index (χ2n) is 6.69. The van der Waals surface area contributed by atoms with E-state index in [4.69, 9.17) is 0 Å². The molecule has 0 N–H and O–H groups in total. The smallest absolute Gasteiger partial charge is 0.239 e. The molecule has 3 nitrogen and oxygen atoms in total. The molecule has 2 aromatic rings. The standard InChI is InChI=1S/C16H18F3N3/c1-15(2,3)16(18,19)14-20-13-11(17)9-12(22(13)21-14)10-7-5-4-6-8-10/h4-8,11-12H,9H2,1-3H3. The van der Waals surface area contributed by atoms with Gasteiger partial charge in [-0.2, -0.15) is 8.78 Å². The molecular formula is C16H18F3N3. The van der Waals surface area contributed by atoms with Gasteiger partial charge in [0.25, 0.3) is 0 Å². The fourth-order valence-corrected chi connectivity index (χ4v) is 2.60. The van der Waals surface area contributed by atoms with Crippen LogP contribution < -0.4 is 0 Å². The number of fused-ring (bicyclic) bond motifs is 1. The third kappa shape index (κ3) is 2.21. The van der Waals surface area contributed by atoms with Crippen LogP contribution in [0.25, 0.3) is 0 Å². The van der Waals surface area contributed by atoms with Crippen LogP contribution in [0.2, 0.25) is 0 Å². The van der Waals surface area contributed by atoms with Gasteiger partial charge < -0.3 is 0 Å². The van der Waals surface area contributed by atoms with Gasteiger partial charge in [-0.15, -0.1) is 5.10 Å². The predicted octanol–water partition coefficient (Wildman–Crippen LogP) is 4.42. The van der Waals surface area contributed by atoms with E-state index in [2.05, 4.69) is 10.1 Å². The second kappa shape index (κ2) is 4.83. The van der Waals surface area contributed by atoms with Crippen molar-refractivity contribution < 1.29 is 13.2 Å². The van der Waals surface area contributed by atoms with Crippen LogP contribution in [-0.2, 0) is 5.92 Å². The van der Waals surface area contributed by atoms with Crippen molar-refractivity contribution in [2.75, 3.05) is 0 Å². The molecule has 6 heteroatoms. The number of hydrogen-bond donors (Lipinski definition) is 0. The molecule has 3 rings (SSSR count). The minimum absolute atomic E-state index is 0.00669. The highest BCUT2D eigenvalue weighted by Crippen LogP contribution is 2.46. The lowest BCUT2D eigenvalue weighted by atomic mass is 9.87. The zero-order chi connectivity index (χ0) is 16.1. The van der Waals surface area contributed by atoms with Gasteiger partial charge in [0.15, 0.2) is 12.0 Å². The predicted molar refractivity (Wildman–Crippen MR) is 76.4 cm³/mol. The molecule has 1 aromatic heterocycles. The van der Waals surface area contributed by atoms with E-state index >= 15 is 0 Å². The lowest BCUT2D eigenvalue weighted by Crippen LogP contribution is -2.32. The Labute approximate surface area is 127 Å². The van der Waals surface area contributed by atoms with Crippen LogP contribution in [0.5, 0.6) is 0 Å². The number of aromatic nitrogens is 3. The monoisotopic (exact) mass is 309 g/mol. The van der Waals surface area contributed by atoms with Crippen molar-refractivity contribution in [1.29, 1.82) is 0 Å². The third-order valence-electron chi connectivity index (χ3n) is 4.07. The number of rotatable bonds is 2. The van der Waals surface area contributed by atoms with E-state index in [0.29, 0.717) is 0 Å². The topological polar surface area (TPSA) is 30.7 Å². The molecule has 0 aliphatic carbocycles. The number of benzene rings is 1. The van der Waals surface area contributed by atoms with Gasteiger partial charge in [-0.1, -0.05) is 51.1 Å². The van der Waals surface area contributed by atoms with Crippen LogP contribution in [0.4, 0.5) is 13.2 Å². The first-order chi connectivity index (χ1) is 10.2. The van der Waals surface area contributed by atoms with Gasteiger partial charge in [-0.25, -0.2) is 14.1 Å². The Morgan fingerprint density at radius 2 is 1.77 bits per heavy atom. The van der Waals surface area contributed by atoms with Gasteiger partial charge in [0.05, 0.1) is 6.04 Å². The summed E-state index contributed by atoms with van der Waals surface area (Å²) < 4.78 is 44.3. The summed E-state index contributed by atoms with van der Waals surface area (Å²) in [5.41, 5.74) is -0.483. The minimum Gasteiger partial charge on any atom is -0.239 e.